The Morgan fingerprint density at radius 1 is 1.27 bits per heavy atom. The molecule has 1 rings (SSSR count). The van der Waals surface area contributed by atoms with Gasteiger partial charge in [-0.2, -0.15) is 8.42 Å². The number of rotatable bonds is 3. The van der Waals surface area contributed by atoms with E-state index in [0.29, 0.717) is 5.92 Å². The van der Waals surface area contributed by atoms with Gasteiger partial charge in [0.25, 0.3) is 10.1 Å². The molecule has 90 valence electrons. The minimum atomic E-state index is -4.09. The van der Waals surface area contributed by atoms with Gasteiger partial charge in [-0.15, -0.1) is 0 Å². The summed E-state index contributed by atoms with van der Waals surface area (Å²) in [7, 11) is -4.09. The van der Waals surface area contributed by atoms with Gasteiger partial charge in [-0.05, 0) is 31.6 Å². The van der Waals surface area contributed by atoms with E-state index in [9.17, 15) is 13.5 Å². The van der Waals surface area contributed by atoms with Crippen LogP contribution in [-0.2, 0) is 10.1 Å². The monoisotopic (exact) mass is 236 g/mol. The zero-order valence-electron chi connectivity index (χ0n) is 9.31. The molecule has 0 radical (unpaired) electrons. The fraction of sp³-hybridized carbons (Fsp3) is 1.00. The van der Waals surface area contributed by atoms with Crippen LogP contribution in [0.5, 0.6) is 0 Å². The standard InChI is InChI=1S/C10H20O4S/c1-8-3-5-9(6-4-8)10(2,11)7-15(12,13)14/h8-9,11H,3-7H2,1-2H3,(H,12,13,14). The molecule has 0 aromatic heterocycles. The summed E-state index contributed by atoms with van der Waals surface area (Å²) in [5.74, 6) is 0.0809. The summed E-state index contributed by atoms with van der Waals surface area (Å²) < 4.78 is 30.2. The van der Waals surface area contributed by atoms with Gasteiger partial charge >= 0.3 is 0 Å². The van der Waals surface area contributed by atoms with Crippen molar-refractivity contribution in [1.82, 2.24) is 0 Å². The minimum Gasteiger partial charge on any atom is -0.389 e. The molecule has 0 aromatic rings. The lowest BCUT2D eigenvalue weighted by molar-refractivity contribution is -0.00271. The highest BCUT2D eigenvalue weighted by molar-refractivity contribution is 7.85. The van der Waals surface area contributed by atoms with Gasteiger partial charge in [0.15, 0.2) is 0 Å². The average Bonchev–Trinajstić information content (AvgIpc) is 2.00. The van der Waals surface area contributed by atoms with Crippen LogP contribution >= 0.6 is 0 Å². The van der Waals surface area contributed by atoms with E-state index in [2.05, 4.69) is 6.92 Å². The summed E-state index contributed by atoms with van der Waals surface area (Å²) >= 11 is 0. The van der Waals surface area contributed by atoms with Gasteiger partial charge in [0.2, 0.25) is 0 Å². The van der Waals surface area contributed by atoms with Gasteiger partial charge in [-0.3, -0.25) is 4.55 Å². The van der Waals surface area contributed by atoms with E-state index in [1.165, 1.54) is 6.92 Å². The zero-order chi connectivity index (χ0) is 11.7. The van der Waals surface area contributed by atoms with Crippen molar-refractivity contribution in [2.24, 2.45) is 11.8 Å². The summed E-state index contributed by atoms with van der Waals surface area (Å²) in [4.78, 5) is 0. The minimum absolute atomic E-state index is 0.0179. The third-order valence-corrected chi connectivity index (χ3v) is 4.32. The molecule has 0 heterocycles. The molecule has 1 aliphatic rings. The molecule has 15 heavy (non-hydrogen) atoms. The Morgan fingerprint density at radius 3 is 2.13 bits per heavy atom. The number of aliphatic hydroxyl groups is 1. The fourth-order valence-corrected chi connectivity index (χ4v) is 3.34. The Labute approximate surface area is 91.4 Å². The van der Waals surface area contributed by atoms with Crippen molar-refractivity contribution < 1.29 is 18.1 Å². The van der Waals surface area contributed by atoms with Crippen LogP contribution in [-0.4, -0.2) is 29.4 Å². The highest BCUT2D eigenvalue weighted by atomic mass is 32.2. The summed E-state index contributed by atoms with van der Waals surface area (Å²) in [6.07, 6.45) is 3.71. The third-order valence-electron chi connectivity index (χ3n) is 3.37. The Kier molecular flexibility index (Phi) is 3.79. The SMILES string of the molecule is CC1CCC(C(C)(O)CS(=O)(=O)O)CC1. The quantitative estimate of drug-likeness (QED) is 0.727. The molecule has 1 fully saturated rings. The molecule has 0 aromatic carbocycles. The van der Waals surface area contributed by atoms with E-state index in [0.717, 1.165) is 25.7 Å². The Bertz CT molecular complexity index is 299. The van der Waals surface area contributed by atoms with Crippen molar-refractivity contribution in [3.63, 3.8) is 0 Å². The van der Waals surface area contributed by atoms with Gasteiger partial charge in [-0.1, -0.05) is 19.8 Å². The van der Waals surface area contributed by atoms with Crippen LogP contribution in [0.2, 0.25) is 0 Å². The fourth-order valence-electron chi connectivity index (χ4n) is 2.37. The molecule has 2 N–H and O–H groups in total. The van der Waals surface area contributed by atoms with Crippen LogP contribution in [0.25, 0.3) is 0 Å². The number of hydrogen-bond donors (Lipinski definition) is 2. The van der Waals surface area contributed by atoms with Gasteiger partial charge in [0.05, 0.1) is 5.60 Å². The lowest BCUT2D eigenvalue weighted by Gasteiger charge is -2.36. The summed E-state index contributed by atoms with van der Waals surface area (Å²) in [5, 5.41) is 10.0. The maximum atomic E-state index is 10.7. The molecule has 1 atom stereocenters. The second-order valence-corrected chi connectivity index (χ2v) is 6.49. The highest BCUT2D eigenvalue weighted by Gasteiger charge is 2.37. The van der Waals surface area contributed by atoms with Crippen molar-refractivity contribution in [1.29, 1.82) is 0 Å². The van der Waals surface area contributed by atoms with Crippen LogP contribution in [0.1, 0.15) is 39.5 Å². The Balaban J connectivity index is 2.61. The second-order valence-electron chi connectivity index (χ2n) is 5.04. The van der Waals surface area contributed by atoms with Crippen LogP contribution in [0.3, 0.4) is 0 Å². The molecule has 4 nitrogen and oxygen atoms in total. The molecule has 0 spiro atoms. The molecular weight excluding hydrogens is 216 g/mol. The second kappa shape index (κ2) is 4.39. The smallest absolute Gasteiger partial charge is 0.267 e. The van der Waals surface area contributed by atoms with Crippen molar-refractivity contribution in [2.75, 3.05) is 5.75 Å². The molecule has 1 saturated carbocycles. The first kappa shape index (κ1) is 12.9. The molecule has 0 amide bonds. The topological polar surface area (TPSA) is 74.6 Å². The van der Waals surface area contributed by atoms with Crippen LogP contribution in [0.15, 0.2) is 0 Å². The van der Waals surface area contributed by atoms with Gasteiger partial charge in [-0.25, -0.2) is 0 Å². The van der Waals surface area contributed by atoms with Crippen molar-refractivity contribution in [2.45, 2.75) is 45.1 Å². The average molecular weight is 236 g/mol. The van der Waals surface area contributed by atoms with E-state index in [4.69, 9.17) is 4.55 Å². The largest absolute Gasteiger partial charge is 0.389 e. The molecular formula is C10H20O4S. The first-order valence-electron chi connectivity index (χ1n) is 5.38. The molecule has 0 bridgehead atoms. The number of hydrogen-bond acceptors (Lipinski definition) is 3. The van der Waals surface area contributed by atoms with Crippen LogP contribution < -0.4 is 0 Å². The van der Waals surface area contributed by atoms with Gasteiger partial charge in [0, 0.05) is 0 Å². The predicted molar refractivity (Wildman–Crippen MR) is 58.2 cm³/mol. The van der Waals surface area contributed by atoms with E-state index >= 15 is 0 Å². The van der Waals surface area contributed by atoms with Crippen molar-refractivity contribution in [3.05, 3.63) is 0 Å². The van der Waals surface area contributed by atoms with Crippen LogP contribution in [0.4, 0.5) is 0 Å². The first-order valence-corrected chi connectivity index (χ1v) is 6.99. The highest BCUT2D eigenvalue weighted by Crippen LogP contribution is 2.35. The maximum Gasteiger partial charge on any atom is 0.267 e. The summed E-state index contributed by atoms with van der Waals surface area (Å²) in [6.45, 7) is 3.66. The molecule has 1 unspecified atom stereocenters. The predicted octanol–water partition coefficient (Wildman–Crippen LogP) is 1.45. The van der Waals surface area contributed by atoms with E-state index < -0.39 is 21.5 Å². The van der Waals surface area contributed by atoms with Crippen molar-refractivity contribution in [3.8, 4) is 0 Å². The third kappa shape index (κ3) is 4.09. The van der Waals surface area contributed by atoms with Gasteiger partial charge < -0.3 is 5.11 Å². The maximum absolute atomic E-state index is 10.7. The molecule has 1 aliphatic carbocycles. The first-order chi connectivity index (χ1) is 6.71. The van der Waals surface area contributed by atoms with E-state index in [1.54, 1.807) is 0 Å². The lowest BCUT2D eigenvalue weighted by atomic mass is 9.75. The molecule has 5 heteroatoms. The molecule has 0 saturated heterocycles. The lowest BCUT2D eigenvalue weighted by Crippen LogP contribution is -2.42. The molecule has 0 aliphatic heterocycles. The van der Waals surface area contributed by atoms with E-state index in [1.807, 2.05) is 0 Å². The Hall–Kier alpha value is -0.130. The van der Waals surface area contributed by atoms with E-state index in [-0.39, 0.29) is 5.92 Å². The summed E-state index contributed by atoms with van der Waals surface area (Å²) in [6, 6.07) is 0. The summed E-state index contributed by atoms with van der Waals surface area (Å²) in [5.41, 5.74) is -1.30. The van der Waals surface area contributed by atoms with Crippen LogP contribution in [0, 0.1) is 11.8 Å². The Morgan fingerprint density at radius 2 is 1.73 bits per heavy atom. The van der Waals surface area contributed by atoms with Crippen molar-refractivity contribution >= 4 is 10.1 Å². The zero-order valence-corrected chi connectivity index (χ0v) is 10.1. The van der Waals surface area contributed by atoms with Gasteiger partial charge in [0.1, 0.15) is 5.75 Å². The normalized spacial score (nSPS) is 32.3.